The van der Waals surface area contributed by atoms with Crippen molar-refractivity contribution in [1.29, 1.82) is 0 Å². The van der Waals surface area contributed by atoms with Crippen LogP contribution < -0.4 is 5.32 Å². The highest BCUT2D eigenvalue weighted by Gasteiger charge is 2.20. The molecule has 0 rings (SSSR count). The zero-order valence-electron chi connectivity index (χ0n) is 40.6. The summed E-state index contributed by atoms with van der Waals surface area (Å²) in [5.74, 6) is -0.0886. The standard InChI is InChI=1S/C55H103NO5/c1-3-5-7-9-11-13-15-17-18-20-24-27-31-35-39-43-47-53(58)52(51-57)56-54(59)48-44-40-36-32-28-25-21-19-22-26-30-34-38-42-46-50-61-55(60)49-45-41-37-33-29-23-16-14-12-10-8-6-4-2/h14,16,19,22,26,30,52-53,57-58H,3-13,15,17-18,20-21,23-25,27-29,31-51H2,1-2H3,(H,56,59)/b16-14-,22-19-,30-26-. The van der Waals surface area contributed by atoms with Crippen LogP contribution in [0.2, 0.25) is 0 Å². The molecule has 358 valence electrons. The summed E-state index contributed by atoms with van der Waals surface area (Å²) < 4.78 is 5.43. The lowest BCUT2D eigenvalue weighted by atomic mass is 10.0. The van der Waals surface area contributed by atoms with Crippen LogP contribution in [0.3, 0.4) is 0 Å². The summed E-state index contributed by atoms with van der Waals surface area (Å²) >= 11 is 0. The van der Waals surface area contributed by atoms with E-state index < -0.39 is 12.1 Å². The first kappa shape index (κ1) is 59.1. The van der Waals surface area contributed by atoms with Gasteiger partial charge >= 0.3 is 5.97 Å². The predicted octanol–water partition coefficient (Wildman–Crippen LogP) is 16.1. The minimum Gasteiger partial charge on any atom is -0.466 e. The van der Waals surface area contributed by atoms with E-state index in [4.69, 9.17) is 4.74 Å². The minimum atomic E-state index is -0.679. The number of aliphatic hydroxyl groups excluding tert-OH is 2. The first-order chi connectivity index (χ1) is 30.0. The van der Waals surface area contributed by atoms with E-state index in [1.165, 1.54) is 167 Å². The van der Waals surface area contributed by atoms with E-state index in [9.17, 15) is 19.8 Å². The number of aliphatic hydroxyl groups is 2. The van der Waals surface area contributed by atoms with Crippen LogP contribution in [0.25, 0.3) is 0 Å². The maximum Gasteiger partial charge on any atom is 0.305 e. The molecule has 0 aliphatic rings. The molecule has 0 aliphatic heterocycles. The summed E-state index contributed by atoms with van der Waals surface area (Å²) in [6.45, 7) is 4.88. The van der Waals surface area contributed by atoms with Gasteiger partial charge in [-0.3, -0.25) is 9.59 Å². The minimum absolute atomic E-state index is 0.0312. The molecule has 0 heterocycles. The van der Waals surface area contributed by atoms with Gasteiger partial charge in [0.25, 0.3) is 0 Å². The second-order valence-corrected chi connectivity index (χ2v) is 18.2. The lowest BCUT2D eigenvalue weighted by molar-refractivity contribution is -0.143. The molecule has 0 spiro atoms. The van der Waals surface area contributed by atoms with E-state index in [1.807, 2.05) is 0 Å². The monoisotopic (exact) mass is 858 g/mol. The van der Waals surface area contributed by atoms with Crippen molar-refractivity contribution in [3.63, 3.8) is 0 Å². The van der Waals surface area contributed by atoms with Crippen molar-refractivity contribution in [3.8, 4) is 0 Å². The lowest BCUT2D eigenvalue weighted by Gasteiger charge is -2.22. The SMILES string of the molecule is CCCCCC/C=C\CCCCCCCC(=O)OCCCCC/C=C\C=C/CCCCCCCCC(=O)NC(CO)C(O)CCCCCCCCCCCCCCCCCC. The zero-order chi connectivity index (χ0) is 44.4. The molecule has 0 aliphatic carbocycles. The third kappa shape index (κ3) is 47.4. The van der Waals surface area contributed by atoms with E-state index in [-0.39, 0.29) is 18.5 Å². The van der Waals surface area contributed by atoms with Crippen molar-refractivity contribution < 1.29 is 24.5 Å². The Morgan fingerprint density at radius 2 is 0.820 bits per heavy atom. The number of esters is 1. The van der Waals surface area contributed by atoms with Crippen LogP contribution in [0, 0.1) is 0 Å². The molecular weight excluding hydrogens is 755 g/mol. The number of allylic oxidation sites excluding steroid dienone is 6. The molecule has 2 atom stereocenters. The molecule has 6 heteroatoms. The summed E-state index contributed by atoms with van der Waals surface area (Å²) in [6.07, 6.45) is 61.2. The fourth-order valence-electron chi connectivity index (χ4n) is 8.04. The number of unbranched alkanes of at least 4 members (excludes halogenated alkanes) is 33. The molecule has 0 bridgehead atoms. The quantitative estimate of drug-likeness (QED) is 0.0245. The number of nitrogens with one attached hydrogen (secondary N) is 1. The summed E-state index contributed by atoms with van der Waals surface area (Å²) in [6, 6.07) is -0.558. The molecule has 0 saturated heterocycles. The number of hydrogen-bond donors (Lipinski definition) is 3. The molecule has 6 nitrogen and oxygen atoms in total. The highest BCUT2D eigenvalue weighted by molar-refractivity contribution is 5.76. The number of hydrogen-bond acceptors (Lipinski definition) is 5. The fourth-order valence-corrected chi connectivity index (χ4v) is 8.04. The molecule has 1 amide bonds. The number of ether oxygens (including phenoxy) is 1. The Labute approximate surface area is 379 Å². The van der Waals surface area contributed by atoms with Crippen molar-refractivity contribution in [3.05, 3.63) is 36.5 Å². The normalized spacial score (nSPS) is 12.9. The Kier molecular flexibility index (Phi) is 49.1. The van der Waals surface area contributed by atoms with E-state index in [0.717, 1.165) is 77.0 Å². The van der Waals surface area contributed by atoms with Crippen LogP contribution in [0.5, 0.6) is 0 Å². The van der Waals surface area contributed by atoms with Gasteiger partial charge in [0.15, 0.2) is 0 Å². The average Bonchev–Trinajstić information content (AvgIpc) is 3.26. The van der Waals surface area contributed by atoms with Crippen molar-refractivity contribution in [2.45, 2.75) is 289 Å². The van der Waals surface area contributed by atoms with Crippen LogP contribution in [0.4, 0.5) is 0 Å². The molecule has 0 aromatic rings. The summed E-state index contributed by atoms with van der Waals surface area (Å²) in [4.78, 5) is 24.4. The van der Waals surface area contributed by atoms with Crippen LogP contribution in [0.1, 0.15) is 277 Å². The molecule has 0 fully saturated rings. The predicted molar refractivity (Wildman–Crippen MR) is 264 cm³/mol. The van der Waals surface area contributed by atoms with Crippen molar-refractivity contribution >= 4 is 11.9 Å². The van der Waals surface area contributed by atoms with Gasteiger partial charge in [0.2, 0.25) is 5.91 Å². The zero-order valence-corrected chi connectivity index (χ0v) is 40.6. The van der Waals surface area contributed by atoms with E-state index in [1.54, 1.807) is 0 Å². The highest BCUT2D eigenvalue weighted by Crippen LogP contribution is 2.16. The Morgan fingerprint density at radius 1 is 0.459 bits per heavy atom. The molecule has 0 aromatic heterocycles. The Bertz CT molecular complexity index is 993. The largest absolute Gasteiger partial charge is 0.466 e. The molecule has 0 saturated carbocycles. The number of rotatable bonds is 49. The smallest absolute Gasteiger partial charge is 0.305 e. The summed E-state index contributed by atoms with van der Waals surface area (Å²) in [5.41, 5.74) is 0. The highest BCUT2D eigenvalue weighted by atomic mass is 16.5. The van der Waals surface area contributed by atoms with Crippen LogP contribution in [-0.4, -0.2) is 47.4 Å². The van der Waals surface area contributed by atoms with Crippen molar-refractivity contribution in [2.75, 3.05) is 13.2 Å². The summed E-state index contributed by atoms with van der Waals surface area (Å²) in [5, 5.41) is 23.2. The second kappa shape index (κ2) is 50.7. The number of amides is 1. The second-order valence-electron chi connectivity index (χ2n) is 18.2. The number of carbonyl (C=O) groups excluding carboxylic acids is 2. The maximum atomic E-state index is 12.5. The van der Waals surface area contributed by atoms with Gasteiger partial charge in [-0.1, -0.05) is 217 Å². The van der Waals surface area contributed by atoms with Gasteiger partial charge in [-0.2, -0.15) is 0 Å². The van der Waals surface area contributed by atoms with Crippen molar-refractivity contribution in [1.82, 2.24) is 5.32 Å². The van der Waals surface area contributed by atoms with Gasteiger partial charge in [-0.05, 0) is 83.5 Å². The third-order valence-electron chi connectivity index (χ3n) is 12.2. The van der Waals surface area contributed by atoms with Crippen LogP contribution in [0.15, 0.2) is 36.5 Å². The van der Waals surface area contributed by atoms with Gasteiger partial charge < -0.3 is 20.3 Å². The lowest BCUT2D eigenvalue weighted by Crippen LogP contribution is -2.45. The van der Waals surface area contributed by atoms with E-state index in [2.05, 4.69) is 55.6 Å². The van der Waals surface area contributed by atoms with Gasteiger partial charge in [-0.25, -0.2) is 0 Å². The maximum absolute atomic E-state index is 12.5. The number of carbonyl (C=O) groups is 2. The topological polar surface area (TPSA) is 95.9 Å². The van der Waals surface area contributed by atoms with Gasteiger partial charge in [-0.15, -0.1) is 0 Å². The molecular formula is C55H103NO5. The average molecular weight is 858 g/mol. The molecule has 3 N–H and O–H groups in total. The van der Waals surface area contributed by atoms with Crippen LogP contribution >= 0.6 is 0 Å². The first-order valence-corrected chi connectivity index (χ1v) is 26.8. The first-order valence-electron chi connectivity index (χ1n) is 26.8. The Hall–Kier alpha value is -1.92. The van der Waals surface area contributed by atoms with E-state index in [0.29, 0.717) is 25.9 Å². The molecule has 61 heavy (non-hydrogen) atoms. The Morgan fingerprint density at radius 3 is 1.28 bits per heavy atom. The summed E-state index contributed by atoms with van der Waals surface area (Å²) in [7, 11) is 0. The van der Waals surface area contributed by atoms with E-state index >= 15 is 0 Å². The Balaban J connectivity index is 3.54. The van der Waals surface area contributed by atoms with Gasteiger partial charge in [0.1, 0.15) is 0 Å². The van der Waals surface area contributed by atoms with Crippen molar-refractivity contribution in [2.24, 2.45) is 0 Å². The van der Waals surface area contributed by atoms with Crippen LogP contribution in [-0.2, 0) is 14.3 Å². The van der Waals surface area contributed by atoms with Gasteiger partial charge in [0.05, 0.1) is 25.4 Å². The fraction of sp³-hybridized carbons (Fsp3) is 0.855. The molecule has 0 aromatic carbocycles. The third-order valence-corrected chi connectivity index (χ3v) is 12.2. The van der Waals surface area contributed by atoms with Gasteiger partial charge in [0, 0.05) is 12.8 Å². The molecule has 2 unspecified atom stereocenters. The molecule has 0 radical (unpaired) electrons.